The van der Waals surface area contributed by atoms with Gasteiger partial charge in [0.1, 0.15) is 29.7 Å². The molecule has 1 aromatic heterocycles. The van der Waals surface area contributed by atoms with Crippen molar-refractivity contribution in [3.05, 3.63) is 50.9 Å². The highest BCUT2D eigenvalue weighted by Crippen LogP contribution is 2.39. The van der Waals surface area contributed by atoms with E-state index in [-0.39, 0.29) is 24.1 Å². The van der Waals surface area contributed by atoms with Crippen LogP contribution in [0.3, 0.4) is 0 Å². The number of hydrogen-bond acceptors (Lipinski definition) is 6. The van der Waals surface area contributed by atoms with Crippen LogP contribution < -0.4 is 15.0 Å². The second-order valence-corrected chi connectivity index (χ2v) is 7.01. The molecule has 2 aromatic rings. The molecular formula is C21H24N4O4. The monoisotopic (exact) mass is 396 g/mol. The lowest BCUT2D eigenvalue weighted by atomic mass is 10.0. The normalized spacial score (nSPS) is 15.8. The van der Waals surface area contributed by atoms with E-state index in [1.807, 2.05) is 24.3 Å². The standard InChI is InChI=1S/C21H24N4O4/c1-13-14(2)23-25(21(27)17(13)11-22)12-20(26)24-9-5-6-18(24)16-10-15(28-3)7-8-19(16)29-4/h7-8,10,18H,5-6,9,12H2,1-4H3/t18-/m1/s1. The highest BCUT2D eigenvalue weighted by molar-refractivity contribution is 5.77. The number of likely N-dealkylation sites (tertiary alicyclic amines) is 1. The molecule has 0 aliphatic carbocycles. The van der Waals surface area contributed by atoms with Gasteiger partial charge in [-0.2, -0.15) is 10.4 Å². The summed E-state index contributed by atoms with van der Waals surface area (Å²) >= 11 is 0. The first-order valence-corrected chi connectivity index (χ1v) is 9.41. The van der Waals surface area contributed by atoms with Crippen LogP contribution in [0.4, 0.5) is 0 Å². The molecular weight excluding hydrogens is 372 g/mol. The number of aryl methyl sites for hydroxylation is 1. The van der Waals surface area contributed by atoms with Crippen molar-refractivity contribution in [1.82, 2.24) is 14.7 Å². The maximum atomic E-state index is 13.1. The molecule has 8 heteroatoms. The van der Waals surface area contributed by atoms with Gasteiger partial charge < -0.3 is 14.4 Å². The third-order valence-corrected chi connectivity index (χ3v) is 5.40. The zero-order valence-corrected chi connectivity index (χ0v) is 17.1. The summed E-state index contributed by atoms with van der Waals surface area (Å²) in [4.78, 5) is 27.3. The number of benzene rings is 1. The Balaban J connectivity index is 1.92. The van der Waals surface area contributed by atoms with Gasteiger partial charge in [0.05, 0.1) is 26.0 Å². The molecule has 0 N–H and O–H groups in total. The fourth-order valence-corrected chi connectivity index (χ4v) is 3.72. The first-order chi connectivity index (χ1) is 13.9. The SMILES string of the molecule is COc1ccc(OC)c([C@H]2CCCN2C(=O)Cn2nc(C)c(C)c(C#N)c2=O)c1. The smallest absolute Gasteiger partial charge is 0.285 e. The largest absolute Gasteiger partial charge is 0.497 e. The molecule has 1 fully saturated rings. The number of carbonyl (C=O) groups is 1. The number of hydrogen-bond donors (Lipinski definition) is 0. The summed E-state index contributed by atoms with van der Waals surface area (Å²) < 4.78 is 11.9. The summed E-state index contributed by atoms with van der Waals surface area (Å²) in [6, 6.07) is 7.26. The molecule has 1 aromatic carbocycles. The second kappa shape index (κ2) is 8.35. The Kier molecular flexibility index (Phi) is 5.87. The third-order valence-electron chi connectivity index (χ3n) is 5.40. The van der Waals surface area contributed by atoms with E-state index in [9.17, 15) is 14.9 Å². The summed E-state index contributed by atoms with van der Waals surface area (Å²) in [5, 5.41) is 13.5. The Morgan fingerprint density at radius 2 is 2.07 bits per heavy atom. The summed E-state index contributed by atoms with van der Waals surface area (Å²) in [6.07, 6.45) is 1.63. The van der Waals surface area contributed by atoms with Gasteiger partial charge in [-0.25, -0.2) is 4.68 Å². The molecule has 29 heavy (non-hydrogen) atoms. The zero-order chi connectivity index (χ0) is 21.1. The summed E-state index contributed by atoms with van der Waals surface area (Å²) in [6.45, 7) is 3.77. The first-order valence-electron chi connectivity index (χ1n) is 9.41. The number of aromatic nitrogens is 2. The predicted octanol–water partition coefficient (Wildman–Crippen LogP) is 2.11. The lowest BCUT2D eigenvalue weighted by Gasteiger charge is -2.27. The van der Waals surface area contributed by atoms with E-state index < -0.39 is 5.56 Å². The van der Waals surface area contributed by atoms with E-state index >= 15 is 0 Å². The Labute approximate surface area is 169 Å². The Morgan fingerprint density at radius 3 is 2.72 bits per heavy atom. The van der Waals surface area contributed by atoms with Gasteiger partial charge in [0.15, 0.2) is 0 Å². The Bertz CT molecular complexity index is 1040. The summed E-state index contributed by atoms with van der Waals surface area (Å²) in [5.41, 5.74) is 1.45. The molecule has 0 unspecified atom stereocenters. The van der Waals surface area contributed by atoms with E-state index in [2.05, 4.69) is 5.10 Å². The molecule has 1 aliphatic rings. The molecule has 2 heterocycles. The molecule has 152 valence electrons. The van der Waals surface area contributed by atoms with Crippen LogP contribution in [0.25, 0.3) is 0 Å². The minimum atomic E-state index is -0.543. The van der Waals surface area contributed by atoms with Crippen molar-refractivity contribution < 1.29 is 14.3 Å². The molecule has 3 rings (SSSR count). The number of ether oxygens (including phenoxy) is 2. The average Bonchev–Trinajstić information content (AvgIpc) is 3.21. The summed E-state index contributed by atoms with van der Waals surface area (Å²) in [7, 11) is 3.18. The highest BCUT2D eigenvalue weighted by atomic mass is 16.5. The first kappa shape index (κ1) is 20.4. The molecule has 1 saturated heterocycles. The number of rotatable bonds is 5. The van der Waals surface area contributed by atoms with Crippen LogP contribution in [0.5, 0.6) is 11.5 Å². The van der Waals surface area contributed by atoms with Crippen molar-refractivity contribution >= 4 is 5.91 Å². The van der Waals surface area contributed by atoms with Crippen LogP contribution in [-0.2, 0) is 11.3 Å². The summed E-state index contributed by atoms with van der Waals surface area (Å²) in [5.74, 6) is 1.15. The van der Waals surface area contributed by atoms with E-state index in [0.717, 1.165) is 23.1 Å². The molecule has 1 aliphatic heterocycles. The van der Waals surface area contributed by atoms with Crippen LogP contribution in [-0.4, -0.2) is 41.4 Å². The topological polar surface area (TPSA) is 97.4 Å². The molecule has 1 amide bonds. The molecule has 1 atom stereocenters. The fraction of sp³-hybridized carbons (Fsp3) is 0.429. The highest BCUT2D eigenvalue weighted by Gasteiger charge is 2.32. The van der Waals surface area contributed by atoms with Crippen LogP contribution in [0.15, 0.2) is 23.0 Å². The van der Waals surface area contributed by atoms with Gasteiger partial charge in [-0.3, -0.25) is 9.59 Å². The van der Waals surface area contributed by atoms with Gasteiger partial charge >= 0.3 is 0 Å². The van der Waals surface area contributed by atoms with Crippen molar-refractivity contribution in [3.8, 4) is 17.6 Å². The van der Waals surface area contributed by atoms with Crippen molar-refractivity contribution in [2.45, 2.75) is 39.3 Å². The molecule has 0 radical (unpaired) electrons. The quantitative estimate of drug-likeness (QED) is 0.768. The maximum absolute atomic E-state index is 13.1. The predicted molar refractivity (Wildman–Crippen MR) is 106 cm³/mol. The van der Waals surface area contributed by atoms with Crippen molar-refractivity contribution in [3.63, 3.8) is 0 Å². The lowest BCUT2D eigenvalue weighted by molar-refractivity contribution is -0.133. The number of methoxy groups -OCH3 is 2. The Hall–Kier alpha value is -3.34. The van der Waals surface area contributed by atoms with Crippen LogP contribution in [0.1, 0.15) is 41.3 Å². The fourth-order valence-electron chi connectivity index (χ4n) is 3.72. The average molecular weight is 396 g/mol. The van der Waals surface area contributed by atoms with Gasteiger partial charge in [-0.15, -0.1) is 0 Å². The van der Waals surface area contributed by atoms with Crippen molar-refractivity contribution in [1.29, 1.82) is 5.26 Å². The van der Waals surface area contributed by atoms with Gasteiger partial charge in [-0.1, -0.05) is 0 Å². The van der Waals surface area contributed by atoms with Gasteiger partial charge in [0.2, 0.25) is 5.91 Å². The van der Waals surface area contributed by atoms with E-state index in [1.54, 1.807) is 33.0 Å². The zero-order valence-electron chi connectivity index (χ0n) is 17.1. The molecule has 0 bridgehead atoms. The second-order valence-electron chi connectivity index (χ2n) is 7.01. The van der Waals surface area contributed by atoms with Crippen LogP contribution in [0.2, 0.25) is 0 Å². The minimum absolute atomic E-state index is 0.0257. The maximum Gasteiger partial charge on any atom is 0.285 e. The van der Waals surface area contributed by atoms with Crippen LogP contribution in [0, 0.1) is 25.2 Å². The van der Waals surface area contributed by atoms with Gasteiger partial charge in [-0.05, 0) is 50.5 Å². The van der Waals surface area contributed by atoms with E-state index in [4.69, 9.17) is 9.47 Å². The van der Waals surface area contributed by atoms with Crippen LogP contribution >= 0.6 is 0 Å². The number of nitriles is 1. The third kappa shape index (κ3) is 3.81. The van der Waals surface area contributed by atoms with Gasteiger partial charge in [0, 0.05) is 12.1 Å². The minimum Gasteiger partial charge on any atom is -0.497 e. The van der Waals surface area contributed by atoms with Gasteiger partial charge in [0.25, 0.3) is 5.56 Å². The lowest BCUT2D eigenvalue weighted by Crippen LogP contribution is -2.38. The Morgan fingerprint density at radius 1 is 1.31 bits per heavy atom. The molecule has 8 nitrogen and oxygen atoms in total. The molecule has 0 spiro atoms. The van der Waals surface area contributed by atoms with E-state index in [1.165, 1.54) is 0 Å². The number of nitrogens with zero attached hydrogens (tertiary/aromatic N) is 4. The number of carbonyl (C=O) groups excluding carboxylic acids is 1. The van der Waals surface area contributed by atoms with Crippen molar-refractivity contribution in [2.24, 2.45) is 0 Å². The number of amides is 1. The molecule has 0 saturated carbocycles. The van der Waals surface area contributed by atoms with Crippen molar-refractivity contribution in [2.75, 3.05) is 20.8 Å². The van der Waals surface area contributed by atoms with E-state index in [0.29, 0.717) is 29.3 Å².